The number of carbonyl (C=O) groups excluding carboxylic acids is 2. The molecule has 5 rings (SSSR count). The molecule has 0 spiro atoms. The molecule has 4 aromatic rings. The van der Waals surface area contributed by atoms with Gasteiger partial charge in [-0.15, -0.1) is 0 Å². The van der Waals surface area contributed by atoms with E-state index in [0.717, 1.165) is 54.2 Å². The van der Waals surface area contributed by atoms with Gasteiger partial charge in [0, 0.05) is 54.9 Å². The quantitative estimate of drug-likeness (QED) is 0.395. The summed E-state index contributed by atoms with van der Waals surface area (Å²) in [7, 11) is 2.13. The number of rotatable bonds is 6. The highest BCUT2D eigenvalue weighted by atomic mass is 16.5. The normalized spacial score (nSPS) is 13.8. The molecule has 1 aromatic heterocycles. The maximum atomic E-state index is 13.0. The van der Waals surface area contributed by atoms with Crippen LogP contribution in [-0.4, -0.2) is 55.1 Å². The average molecular weight is 496 g/mol. The zero-order valence-corrected chi connectivity index (χ0v) is 20.9. The van der Waals surface area contributed by atoms with Crippen molar-refractivity contribution in [1.29, 1.82) is 0 Å². The molecule has 2 amide bonds. The fourth-order valence-electron chi connectivity index (χ4n) is 4.38. The molecule has 1 saturated heterocycles. The van der Waals surface area contributed by atoms with Crippen molar-refractivity contribution in [2.45, 2.75) is 6.92 Å². The number of benzene rings is 3. The molecule has 188 valence electrons. The summed E-state index contributed by atoms with van der Waals surface area (Å²) >= 11 is 0. The molecule has 3 aromatic carbocycles. The summed E-state index contributed by atoms with van der Waals surface area (Å²) in [6.07, 6.45) is 1.36. The molecule has 2 N–H and O–H groups in total. The summed E-state index contributed by atoms with van der Waals surface area (Å²) in [6.45, 7) is 6.00. The van der Waals surface area contributed by atoms with Gasteiger partial charge < -0.3 is 25.0 Å². The topological polar surface area (TPSA) is 90.7 Å². The Kier molecular flexibility index (Phi) is 7.00. The van der Waals surface area contributed by atoms with E-state index >= 15 is 0 Å². The van der Waals surface area contributed by atoms with E-state index in [1.165, 1.54) is 12.3 Å². The second-order valence-electron chi connectivity index (χ2n) is 9.24. The number of carbonyl (C=O) groups is 2. The second-order valence-corrected chi connectivity index (χ2v) is 9.24. The van der Waals surface area contributed by atoms with Crippen LogP contribution < -0.4 is 15.5 Å². The second kappa shape index (κ2) is 10.7. The lowest BCUT2D eigenvalue weighted by molar-refractivity contribution is 0.101. The molecule has 0 bridgehead atoms. The molecule has 8 nitrogen and oxygen atoms in total. The maximum Gasteiger partial charge on any atom is 0.277 e. The molecule has 1 fully saturated rings. The van der Waals surface area contributed by atoms with Gasteiger partial charge in [-0.05, 0) is 73.1 Å². The van der Waals surface area contributed by atoms with Crippen molar-refractivity contribution >= 4 is 28.9 Å². The Bertz CT molecular complexity index is 1390. The van der Waals surface area contributed by atoms with Crippen LogP contribution in [0.25, 0.3) is 11.1 Å². The molecule has 0 saturated carbocycles. The standard InChI is InChI=1S/C29H29N5O3/c1-20-6-11-24(31-29(36)27-12-17-37-32-27)19-26(20)21-7-9-22(10-8-21)28(35)30-23-4-3-5-25(18-23)34-15-13-33(2)14-16-34/h3-12,17-19H,13-16H2,1-2H3,(H,30,35)(H,31,36). The van der Waals surface area contributed by atoms with E-state index in [2.05, 4.69) is 38.7 Å². The number of aromatic nitrogens is 1. The van der Waals surface area contributed by atoms with E-state index in [1.807, 2.05) is 67.6 Å². The van der Waals surface area contributed by atoms with E-state index in [1.54, 1.807) is 0 Å². The van der Waals surface area contributed by atoms with Crippen LogP contribution in [0, 0.1) is 6.92 Å². The molecule has 1 aliphatic heterocycles. The summed E-state index contributed by atoms with van der Waals surface area (Å²) in [4.78, 5) is 29.9. The summed E-state index contributed by atoms with van der Waals surface area (Å²) in [5, 5.41) is 9.53. The van der Waals surface area contributed by atoms with Gasteiger partial charge in [0.25, 0.3) is 11.8 Å². The van der Waals surface area contributed by atoms with Crippen molar-refractivity contribution in [3.63, 3.8) is 0 Å². The third-order valence-corrected chi connectivity index (χ3v) is 6.60. The summed E-state index contributed by atoms with van der Waals surface area (Å²) in [6, 6.07) is 22.7. The molecular weight excluding hydrogens is 466 g/mol. The molecule has 0 radical (unpaired) electrons. The van der Waals surface area contributed by atoms with Crippen molar-refractivity contribution in [3.05, 3.63) is 95.9 Å². The summed E-state index contributed by atoms with van der Waals surface area (Å²) < 4.78 is 4.74. The van der Waals surface area contributed by atoms with Crippen molar-refractivity contribution in [2.75, 3.05) is 48.8 Å². The highest BCUT2D eigenvalue weighted by Gasteiger charge is 2.15. The lowest BCUT2D eigenvalue weighted by atomic mass is 9.98. The Hall–Kier alpha value is -4.43. The number of aryl methyl sites for hydroxylation is 1. The SMILES string of the molecule is Cc1ccc(NC(=O)c2ccon2)cc1-c1ccc(C(=O)Nc2cccc(N3CCN(C)CC3)c2)cc1. The number of likely N-dealkylation sites (N-methyl/N-ethyl adjacent to an activating group) is 1. The van der Waals surface area contributed by atoms with E-state index < -0.39 is 0 Å². The number of amides is 2. The molecule has 2 heterocycles. The maximum absolute atomic E-state index is 13.0. The monoisotopic (exact) mass is 495 g/mol. The minimum absolute atomic E-state index is 0.160. The highest BCUT2D eigenvalue weighted by molar-refractivity contribution is 6.05. The van der Waals surface area contributed by atoms with Gasteiger partial charge in [0.2, 0.25) is 0 Å². The van der Waals surface area contributed by atoms with Gasteiger partial charge in [-0.1, -0.05) is 29.4 Å². The highest BCUT2D eigenvalue weighted by Crippen LogP contribution is 2.28. The fraction of sp³-hybridized carbons (Fsp3) is 0.207. The Morgan fingerprint density at radius 1 is 0.838 bits per heavy atom. The Labute approximate surface area is 215 Å². The van der Waals surface area contributed by atoms with Gasteiger partial charge in [0.15, 0.2) is 5.69 Å². The van der Waals surface area contributed by atoms with Crippen molar-refractivity contribution < 1.29 is 14.1 Å². The van der Waals surface area contributed by atoms with Crippen LogP contribution >= 0.6 is 0 Å². The van der Waals surface area contributed by atoms with E-state index in [0.29, 0.717) is 11.3 Å². The number of anilines is 3. The van der Waals surface area contributed by atoms with E-state index in [-0.39, 0.29) is 17.5 Å². The first-order chi connectivity index (χ1) is 18.0. The zero-order valence-electron chi connectivity index (χ0n) is 20.9. The Morgan fingerprint density at radius 3 is 2.30 bits per heavy atom. The van der Waals surface area contributed by atoms with Crippen LogP contribution in [0.1, 0.15) is 26.4 Å². The third kappa shape index (κ3) is 5.70. The number of piperazine rings is 1. The van der Waals surface area contributed by atoms with Gasteiger partial charge in [-0.2, -0.15) is 0 Å². The molecule has 1 aliphatic rings. The predicted molar refractivity (Wildman–Crippen MR) is 145 cm³/mol. The van der Waals surface area contributed by atoms with Gasteiger partial charge in [-0.3, -0.25) is 9.59 Å². The van der Waals surface area contributed by atoms with Crippen LogP contribution in [0.5, 0.6) is 0 Å². The van der Waals surface area contributed by atoms with Gasteiger partial charge >= 0.3 is 0 Å². The van der Waals surface area contributed by atoms with Gasteiger partial charge in [-0.25, -0.2) is 0 Å². The van der Waals surface area contributed by atoms with Crippen molar-refractivity contribution in [2.24, 2.45) is 0 Å². The number of hydrogen-bond donors (Lipinski definition) is 2. The largest absolute Gasteiger partial charge is 0.369 e. The van der Waals surface area contributed by atoms with Crippen LogP contribution in [0.2, 0.25) is 0 Å². The summed E-state index contributed by atoms with van der Waals surface area (Å²) in [5.41, 5.74) is 6.29. The molecule has 8 heteroatoms. The van der Waals surface area contributed by atoms with Gasteiger partial charge in [0.1, 0.15) is 6.26 Å². The lowest BCUT2D eigenvalue weighted by Crippen LogP contribution is -2.44. The smallest absolute Gasteiger partial charge is 0.277 e. The van der Waals surface area contributed by atoms with Crippen LogP contribution in [0.4, 0.5) is 17.1 Å². The lowest BCUT2D eigenvalue weighted by Gasteiger charge is -2.34. The first-order valence-electron chi connectivity index (χ1n) is 12.2. The first-order valence-corrected chi connectivity index (χ1v) is 12.2. The zero-order chi connectivity index (χ0) is 25.8. The Morgan fingerprint density at radius 2 is 1.57 bits per heavy atom. The van der Waals surface area contributed by atoms with Crippen molar-refractivity contribution in [1.82, 2.24) is 10.1 Å². The first kappa shape index (κ1) is 24.3. The minimum atomic E-state index is -0.340. The molecule has 0 aliphatic carbocycles. The van der Waals surface area contributed by atoms with Crippen molar-refractivity contribution in [3.8, 4) is 11.1 Å². The van der Waals surface area contributed by atoms with Crippen LogP contribution in [-0.2, 0) is 0 Å². The molecule has 37 heavy (non-hydrogen) atoms. The van der Waals surface area contributed by atoms with Crippen LogP contribution in [0.3, 0.4) is 0 Å². The fourth-order valence-corrected chi connectivity index (χ4v) is 4.38. The number of nitrogens with zero attached hydrogens (tertiary/aromatic N) is 3. The summed E-state index contributed by atoms with van der Waals surface area (Å²) in [5.74, 6) is -0.500. The third-order valence-electron chi connectivity index (χ3n) is 6.60. The average Bonchev–Trinajstić information content (AvgIpc) is 3.46. The Balaban J connectivity index is 1.27. The van der Waals surface area contributed by atoms with Crippen LogP contribution in [0.15, 0.2) is 83.6 Å². The van der Waals surface area contributed by atoms with Gasteiger partial charge in [0.05, 0.1) is 0 Å². The number of hydrogen-bond acceptors (Lipinski definition) is 6. The predicted octanol–water partition coefficient (Wildman–Crippen LogP) is 4.91. The molecular formula is C29H29N5O3. The van der Waals surface area contributed by atoms with E-state index in [4.69, 9.17) is 4.52 Å². The number of nitrogens with one attached hydrogen (secondary N) is 2. The van der Waals surface area contributed by atoms with E-state index in [9.17, 15) is 9.59 Å². The molecule has 0 atom stereocenters. The minimum Gasteiger partial charge on any atom is -0.369 e. The molecule has 0 unspecified atom stereocenters.